The molecule has 24 heavy (non-hydrogen) atoms. The summed E-state index contributed by atoms with van der Waals surface area (Å²) in [5.41, 5.74) is 3.00. The van der Waals surface area contributed by atoms with Gasteiger partial charge in [-0.1, -0.05) is 30.0 Å². The van der Waals surface area contributed by atoms with Crippen LogP contribution in [-0.2, 0) is 4.79 Å². The fraction of sp³-hybridized carbons (Fsp3) is 0.250. The van der Waals surface area contributed by atoms with Crippen LogP contribution in [0.5, 0.6) is 0 Å². The number of rotatable bonds is 4. The number of nitrogens with one attached hydrogen (secondary N) is 1. The molecule has 122 valence electrons. The molecule has 3 amide bonds. The molecule has 0 saturated carbocycles. The van der Waals surface area contributed by atoms with Crippen LogP contribution >= 0.6 is 11.8 Å². The average Bonchev–Trinajstić information content (AvgIpc) is 3.13. The maximum Gasteiger partial charge on any atom is 0.324 e. The summed E-state index contributed by atoms with van der Waals surface area (Å²) in [6.45, 7) is 2.50. The first-order valence-corrected chi connectivity index (χ1v) is 8.58. The molecule has 1 aliphatic heterocycles. The van der Waals surface area contributed by atoms with Gasteiger partial charge in [-0.3, -0.25) is 14.1 Å². The third-order valence-corrected chi connectivity index (χ3v) is 4.97. The normalized spacial score (nSPS) is 14.8. The van der Waals surface area contributed by atoms with Gasteiger partial charge >= 0.3 is 6.03 Å². The molecule has 0 unspecified atom stereocenters. The molecule has 0 aliphatic carbocycles. The van der Waals surface area contributed by atoms with Crippen molar-refractivity contribution in [2.45, 2.75) is 12.1 Å². The number of para-hydroxylation sites is 1. The Bertz CT molecular complexity index is 952. The maximum absolute atomic E-state index is 11.6. The number of urea groups is 1. The molecule has 1 aromatic carbocycles. The van der Waals surface area contributed by atoms with Crippen LogP contribution in [0.2, 0.25) is 0 Å². The number of amides is 3. The molecular formula is C16H15N5O2S. The second-order valence-electron chi connectivity index (χ2n) is 5.57. The van der Waals surface area contributed by atoms with Gasteiger partial charge in [-0.25, -0.2) is 4.79 Å². The van der Waals surface area contributed by atoms with Gasteiger partial charge in [0.1, 0.15) is 0 Å². The van der Waals surface area contributed by atoms with E-state index in [1.807, 2.05) is 28.7 Å². The van der Waals surface area contributed by atoms with Gasteiger partial charge in [0.05, 0.1) is 12.1 Å². The zero-order valence-electron chi connectivity index (χ0n) is 13.0. The number of benzene rings is 1. The lowest BCUT2D eigenvalue weighted by Gasteiger charge is -2.11. The summed E-state index contributed by atoms with van der Waals surface area (Å²) in [4.78, 5) is 24.4. The highest BCUT2D eigenvalue weighted by molar-refractivity contribution is 7.99. The summed E-state index contributed by atoms with van der Waals surface area (Å²) in [6, 6.07) is 9.80. The number of imide groups is 1. The monoisotopic (exact) mass is 341 g/mol. The number of aromatic nitrogens is 3. The van der Waals surface area contributed by atoms with E-state index >= 15 is 0 Å². The second kappa shape index (κ2) is 5.79. The molecule has 7 nitrogen and oxygen atoms in total. The summed E-state index contributed by atoms with van der Waals surface area (Å²) in [7, 11) is 0. The van der Waals surface area contributed by atoms with E-state index < -0.39 is 0 Å². The van der Waals surface area contributed by atoms with Crippen LogP contribution in [0, 0.1) is 6.92 Å². The van der Waals surface area contributed by atoms with E-state index in [1.165, 1.54) is 16.7 Å². The third kappa shape index (κ3) is 2.39. The Morgan fingerprint density at radius 3 is 2.88 bits per heavy atom. The first-order valence-electron chi connectivity index (χ1n) is 7.59. The summed E-state index contributed by atoms with van der Waals surface area (Å²) in [5.74, 6) is 0.384. The zero-order chi connectivity index (χ0) is 16.7. The Labute approximate surface area is 142 Å². The van der Waals surface area contributed by atoms with Crippen molar-refractivity contribution >= 4 is 40.3 Å². The molecule has 0 atom stereocenters. The second-order valence-corrected chi connectivity index (χ2v) is 6.64. The highest BCUT2D eigenvalue weighted by Crippen LogP contribution is 2.25. The predicted octanol–water partition coefficient (Wildman–Crippen LogP) is 1.83. The molecule has 1 fully saturated rings. The van der Waals surface area contributed by atoms with Crippen molar-refractivity contribution in [2.24, 2.45) is 0 Å². The topological polar surface area (TPSA) is 79.6 Å². The molecule has 0 spiro atoms. The number of thioether (sulfide) groups is 1. The number of fused-ring (bicyclic) bond motifs is 3. The zero-order valence-corrected chi connectivity index (χ0v) is 13.8. The number of carbonyl (C=O) groups excluding carboxylic acids is 2. The highest BCUT2D eigenvalue weighted by atomic mass is 32.2. The van der Waals surface area contributed by atoms with Gasteiger partial charge in [-0.05, 0) is 24.6 Å². The van der Waals surface area contributed by atoms with Gasteiger partial charge in [-0.2, -0.15) is 0 Å². The first-order chi connectivity index (χ1) is 11.6. The Kier molecular flexibility index (Phi) is 3.61. The molecule has 4 rings (SSSR count). The lowest BCUT2D eigenvalue weighted by atomic mass is 10.1. The van der Waals surface area contributed by atoms with Gasteiger partial charge in [0.2, 0.25) is 5.91 Å². The minimum absolute atomic E-state index is 0.0846. The molecule has 3 aromatic rings. The fourth-order valence-electron chi connectivity index (χ4n) is 2.88. The van der Waals surface area contributed by atoms with Gasteiger partial charge in [0.15, 0.2) is 10.8 Å². The SMILES string of the molecule is Cc1cc2nnc(SCCN3C(=O)CNC3=O)n2c2ccccc12. The van der Waals surface area contributed by atoms with E-state index in [4.69, 9.17) is 0 Å². The number of hydrogen-bond donors (Lipinski definition) is 1. The number of carbonyl (C=O) groups is 2. The third-order valence-electron chi connectivity index (χ3n) is 4.06. The summed E-state index contributed by atoms with van der Waals surface area (Å²) >= 11 is 1.48. The summed E-state index contributed by atoms with van der Waals surface area (Å²) < 4.78 is 2.01. The molecule has 0 radical (unpaired) electrons. The van der Waals surface area contributed by atoms with Crippen molar-refractivity contribution in [3.05, 3.63) is 35.9 Å². The van der Waals surface area contributed by atoms with Crippen LogP contribution in [0.3, 0.4) is 0 Å². The standard InChI is InChI=1S/C16H15N5O2S/c1-10-8-13-18-19-16(21(13)12-5-3-2-4-11(10)12)24-7-6-20-14(22)9-17-15(20)23/h2-5,8H,6-7,9H2,1H3,(H,17,23). The van der Waals surface area contributed by atoms with Gasteiger partial charge < -0.3 is 5.32 Å². The molecule has 8 heteroatoms. The van der Waals surface area contributed by atoms with Crippen LogP contribution in [0.15, 0.2) is 35.5 Å². The van der Waals surface area contributed by atoms with E-state index in [0.717, 1.165) is 27.3 Å². The maximum atomic E-state index is 11.6. The first kappa shape index (κ1) is 14.9. The van der Waals surface area contributed by atoms with E-state index in [1.54, 1.807) is 0 Å². The van der Waals surface area contributed by atoms with Crippen molar-refractivity contribution in [3.8, 4) is 0 Å². The Balaban J connectivity index is 1.62. The van der Waals surface area contributed by atoms with E-state index in [2.05, 4.69) is 28.5 Å². The Hall–Kier alpha value is -2.61. The van der Waals surface area contributed by atoms with Crippen molar-refractivity contribution in [1.82, 2.24) is 24.8 Å². The van der Waals surface area contributed by atoms with Crippen molar-refractivity contribution in [3.63, 3.8) is 0 Å². The lowest BCUT2D eigenvalue weighted by Crippen LogP contribution is -2.32. The largest absolute Gasteiger partial charge is 0.329 e. The van der Waals surface area contributed by atoms with Crippen LogP contribution in [0.25, 0.3) is 16.6 Å². The van der Waals surface area contributed by atoms with Gasteiger partial charge in [0.25, 0.3) is 0 Å². The average molecular weight is 341 g/mol. The summed E-state index contributed by atoms with van der Waals surface area (Å²) in [6.07, 6.45) is 0. The van der Waals surface area contributed by atoms with E-state index in [-0.39, 0.29) is 18.5 Å². The summed E-state index contributed by atoms with van der Waals surface area (Å²) in [5, 5.41) is 12.9. The molecule has 1 N–H and O–H groups in total. The quantitative estimate of drug-likeness (QED) is 0.578. The van der Waals surface area contributed by atoms with Crippen LogP contribution in [-0.4, -0.2) is 50.3 Å². The number of pyridine rings is 1. The van der Waals surface area contributed by atoms with Crippen LogP contribution < -0.4 is 5.32 Å². The number of aryl methyl sites for hydroxylation is 1. The minimum Gasteiger partial charge on any atom is -0.329 e. The van der Waals surface area contributed by atoms with Crippen molar-refractivity contribution < 1.29 is 9.59 Å². The lowest BCUT2D eigenvalue weighted by molar-refractivity contribution is -0.124. The number of nitrogens with zero attached hydrogens (tertiary/aromatic N) is 4. The van der Waals surface area contributed by atoms with E-state index in [9.17, 15) is 9.59 Å². The minimum atomic E-state index is -0.326. The molecule has 3 heterocycles. The Morgan fingerprint density at radius 2 is 2.08 bits per heavy atom. The molecule has 0 bridgehead atoms. The molecule has 1 saturated heterocycles. The number of hydrogen-bond acceptors (Lipinski definition) is 5. The smallest absolute Gasteiger partial charge is 0.324 e. The van der Waals surface area contributed by atoms with Gasteiger partial charge in [-0.15, -0.1) is 10.2 Å². The van der Waals surface area contributed by atoms with Crippen molar-refractivity contribution in [2.75, 3.05) is 18.8 Å². The highest BCUT2D eigenvalue weighted by Gasteiger charge is 2.27. The molecule has 1 aliphatic rings. The molecule has 2 aromatic heterocycles. The van der Waals surface area contributed by atoms with E-state index in [0.29, 0.717) is 12.3 Å². The fourth-order valence-corrected chi connectivity index (χ4v) is 3.75. The van der Waals surface area contributed by atoms with Crippen LogP contribution in [0.4, 0.5) is 4.79 Å². The Morgan fingerprint density at radius 1 is 1.25 bits per heavy atom. The van der Waals surface area contributed by atoms with Crippen molar-refractivity contribution in [1.29, 1.82) is 0 Å². The van der Waals surface area contributed by atoms with Crippen LogP contribution in [0.1, 0.15) is 5.56 Å². The molecular weight excluding hydrogens is 326 g/mol. The van der Waals surface area contributed by atoms with Gasteiger partial charge in [0, 0.05) is 17.7 Å². The predicted molar refractivity (Wildman–Crippen MR) is 91.1 cm³/mol.